The topological polar surface area (TPSA) is 43.4 Å². The van der Waals surface area contributed by atoms with Gasteiger partial charge >= 0.3 is 0 Å². The lowest BCUT2D eigenvalue weighted by Gasteiger charge is -2.16. The molecule has 0 fully saturated rings. The van der Waals surface area contributed by atoms with E-state index in [9.17, 15) is 0 Å². The summed E-state index contributed by atoms with van der Waals surface area (Å²) in [5, 5.41) is 3.40. The zero-order valence-electron chi connectivity index (χ0n) is 13.1. The average Bonchev–Trinajstić information content (AvgIpc) is 2.50. The summed E-state index contributed by atoms with van der Waals surface area (Å²) >= 11 is 3.60. The number of nitrogens with zero attached hydrogens (tertiary/aromatic N) is 1. The molecule has 118 valence electrons. The molecular weight excluding hydrogens is 344 g/mol. The van der Waals surface area contributed by atoms with Crippen molar-refractivity contribution in [2.45, 2.75) is 33.0 Å². The van der Waals surface area contributed by atoms with Gasteiger partial charge in [-0.1, -0.05) is 22.0 Å². The van der Waals surface area contributed by atoms with E-state index in [0.29, 0.717) is 0 Å². The van der Waals surface area contributed by atoms with Gasteiger partial charge in [-0.3, -0.25) is 4.98 Å². The highest BCUT2D eigenvalue weighted by Gasteiger charge is 2.11. The van der Waals surface area contributed by atoms with Crippen molar-refractivity contribution in [3.8, 4) is 11.5 Å². The average molecular weight is 365 g/mol. The second-order valence-electron chi connectivity index (χ2n) is 5.23. The highest BCUT2D eigenvalue weighted by molar-refractivity contribution is 9.10. The number of hydrogen-bond donors (Lipinski definition) is 1. The SMILES string of the molecule is COc1cc(CNCc2cccnc2)c(Br)cc1OC(C)C. The second-order valence-corrected chi connectivity index (χ2v) is 6.08. The third-order valence-corrected chi connectivity index (χ3v) is 3.80. The fraction of sp³-hybridized carbons (Fsp3) is 0.353. The first-order valence-corrected chi connectivity index (χ1v) is 8.02. The van der Waals surface area contributed by atoms with Crippen LogP contribution in [-0.4, -0.2) is 18.2 Å². The Balaban J connectivity index is 2.04. The van der Waals surface area contributed by atoms with Crippen molar-refractivity contribution in [3.63, 3.8) is 0 Å². The maximum absolute atomic E-state index is 5.76. The third-order valence-electron chi connectivity index (χ3n) is 3.06. The van der Waals surface area contributed by atoms with Crippen LogP contribution < -0.4 is 14.8 Å². The van der Waals surface area contributed by atoms with E-state index in [1.165, 1.54) is 0 Å². The molecule has 0 saturated heterocycles. The Kier molecular flexibility index (Phi) is 6.21. The molecule has 5 heteroatoms. The minimum absolute atomic E-state index is 0.107. The predicted molar refractivity (Wildman–Crippen MR) is 91.2 cm³/mol. The fourth-order valence-electron chi connectivity index (χ4n) is 2.06. The predicted octanol–water partition coefficient (Wildman–Crippen LogP) is 3.93. The summed E-state index contributed by atoms with van der Waals surface area (Å²) in [4.78, 5) is 4.11. The molecule has 1 aromatic carbocycles. The number of methoxy groups -OCH3 is 1. The number of ether oxygens (including phenoxy) is 2. The van der Waals surface area contributed by atoms with Crippen LogP contribution in [0.5, 0.6) is 11.5 Å². The zero-order chi connectivity index (χ0) is 15.9. The van der Waals surface area contributed by atoms with Crippen LogP contribution in [0.15, 0.2) is 41.1 Å². The first kappa shape index (κ1) is 16.8. The summed E-state index contributed by atoms with van der Waals surface area (Å²) < 4.78 is 12.2. The van der Waals surface area contributed by atoms with Gasteiger partial charge in [-0.25, -0.2) is 0 Å². The van der Waals surface area contributed by atoms with Crippen molar-refractivity contribution in [1.82, 2.24) is 10.3 Å². The van der Waals surface area contributed by atoms with E-state index in [-0.39, 0.29) is 6.10 Å². The summed E-state index contributed by atoms with van der Waals surface area (Å²) in [6, 6.07) is 7.95. The monoisotopic (exact) mass is 364 g/mol. The molecule has 22 heavy (non-hydrogen) atoms. The van der Waals surface area contributed by atoms with E-state index in [1.807, 2.05) is 38.2 Å². The molecule has 1 aromatic heterocycles. The first-order valence-electron chi connectivity index (χ1n) is 7.23. The highest BCUT2D eigenvalue weighted by atomic mass is 79.9. The standard InChI is InChI=1S/C17H21BrN2O2/c1-12(2)22-17-8-15(18)14(7-16(17)21-3)11-20-10-13-5-4-6-19-9-13/h4-9,12,20H,10-11H2,1-3H3. The van der Waals surface area contributed by atoms with Gasteiger partial charge in [-0.15, -0.1) is 0 Å². The quantitative estimate of drug-likeness (QED) is 0.808. The summed E-state index contributed by atoms with van der Waals surface area (Å²) in [6.45, 7) is 5.49. The number of pyridine rings is 1. The first-order chi connectivity index (χ1) is 10.6. The molecule has 2 rings (SSSR count). The Labute approximate surface area is 140 Å². The van der Waals surface area contributed by atoms with Crippen LogP contribution in [0.25, 0.3) is 0 Å². The van der Waals surface area contributed by atoms with Crippen LogP contribution >= 0.6 is 15.9 Å². The van der Waals surface area contributed by atoms with E-state index in [2.05, 4.69) is 32.3 Å². The van der Waals surface area contributed by atoms with E-state index in [0.717, 1.165) is 40.2 Å². The lowest BCUT2D eigenvalue weighted by molar-refractivity contribution is 0.230. The summed E-state index contributed by atoms with van der Waals surface area (Å²) in [6.07, 6.45) is 3.75. The number of hydrogen-bond acceptors (Lipinski definition) is 4. The molecule has 0 aliphatic rings. The van der Waals surface area contributed by atoms with Crippen LogP contribution in [0.2, 0.25) is 0 Å². The van der Waals surface area contributed by atoms with Crippen LogP contribution in [0, 0.1) is 0 Å². The summed E-state index contributed by atoms with van der Waals surface area (Å²) in [5.74, 6) is 1.50. The molecule has 0 aliphatic heterocycles. The molecule has 4 nitrogen and oxygen atoms in total. The number of nitrogens with one attached hydrogen (secondary N) is 1. The van der Waals surface area contributed by atoms with Crippen molar-refractivity contribution in [3.05, 3.63) is 52.3 Å². The molecule has 0 atom stereocenters. The third kappa shape index (κ3) is 4.71. The van der Waals surface area contributed by atoms with Crippen molar-refractivity contribution in [2.24, 2.45) is 0 Å². The van der Waals surface area contributed by atoms with Crippen molar-refractivity contribution >= 4 is 15.9 Å². The Bertz CT molecular complexity index is 603. The van der Waals surface area contributed by atoms with Crippen LogP contribution in [0.1, 0.15) is 25.0 Å². The Morgan fingerprint density at radius 1 is 1.23 bits per heavy atom. The van der Waals surface area contributed by atoms with Gasteiger partial charge in [-0.2, -0.15) is 0 Å². The molecule has 0 amide bonds. The Hall–Kier alpha value is -1.59. The smallest absolute Gasteiger partial charge is 0.162 e. The lowest BCUT2D eigenvalue weighted by atomic mass is 10.2. The molecular formula is C17H21BrN2O2. The number of benzene rings is 1. The molecule has 0 spiro atoms. The van der Waals surface area contributed by atoms with Gasteiger partial charge in [0.05, 0.1) is 13.2 Å². The number of rotatable bonds is 7. The number of halogens is 1. The van der Waals surface area contributed by atoms with Gasteiger partial charge in [-0.05, 0) is 43.2 Å². The Morgan fingerprint density at radius 2 is 2.05 bits per heavy atom. The maximum atomic E-state index is 5.76. The van der Waals surface area contributed by atoms with Gasteiger partial charge < -0.3 is 14.8 Å². The van der Waals surface area contributed by atoms with Crippen molar-refractivity contribution < 1.29 is 9.47 Å². The van der Waals surface area contributed by atoms with Gasteiger partial charge in [0.2, 0.25) is 0 Å². The second kappa shape index (κ2) is 8.15. The normalized spacial score (nSPS) is 10.8. The molecule has 0 radical (unpaired) electrons. The molecule has 1 heterocycles. The van der Waals surface area contributed by atoms with Crippen LogP contribution in [-0.2, 0) is 13.1 Å². The van der Waals surface area contributed by atoms with Crippen LogP contribution in [0.3, 0.4) is 0 Å². The Morgan fingerprint density at radius 3 is 2.68 bits per heavy atom. The van der Waals surface area contributed by atoms with E-state index in [1.54, 1.807) is 13.3 Å². The lowest BCUT2D eigenvalue weighted by Crippen LogP contribution is -2.14. The zero-order valence-corrected chi connectivity index (χ0v) is 14.7. The maximum Gasteiger partial charge on any atom is 0.162 e. The summed E-state index contributed by atoms with van der Waals surface area (Å²) in [7, 11) is 1.66. The van der Waals surface area contributed by atoms with Gasteiger partial charge in [0, 0.05) is 30.0 Å². The molecule has 1 N–H and O–H groups in total. The van der Waals surface area contributed by atoms with Crippen molar-refractivity contribution in [2.75, 3.05) is 7.11 Å². The molecule has 0 unspecified atom stereocenters. The minimum Gasteiger partial charge on any atom is -0.493 e. The summed E-state index contributed by atoms with van der Waals surface area (Å²) in [5.41, 5.74) is 2.28. The number of aromatic nitrogens is 1. The minimum atomic E-state index is 0.107. The van der Waals surface area contributed by atoms with Crippen LogP contribution in [0.4, 0.5) is 0 Å². The van der Waals surface area contributed by atoms with Crippen molar-refractivity contribution in [1.29, 1.82) is 0 Å². The van der Waals surface area contributed by atoms with Gasteiger partial charge in [0.25, 0.3) is 0 Å². The van der Waals surface area contributed by atoms with Gasteiger partial charge in [0.1, 0.15) is 0 Å². The van der Waals surface area contributed by atoms with E-state index < -0.39 is 0 Å². The molecule has 0 bridgehead atoms. The van der Waals surface area contributed by atoms with E-state index >= 15 is 0 Å². The highest BCUT2D eigenvalue weighted by Crippen LogP contribution is 2.34. The fourth-order valence-corrected chi connectivity index (χ4v) is 2.53. The van der Waals surface area contributed by atoms with E-state index in [4.69, 9.17) is 9.47 Å². The van der Waals surface area contributed by atoms with Gasteiger partial charge in [0.15, 0.2) is 11.5 Å². The molecule has 0 saturated carbocycles. The largest absolute Gasteiger partial charge is 0.493 e. The molecule has 2 aromatic rings. The molecule has 0 aliphatic carbocycles.